The third kappa shape index (κ3) is 2.96. The van der Waals surface area contributed by atoms with Gasteiger partial charge in [-0.05, 0) is 70.9 Å². The van der Waals surface area contributed by atoms with Crippen LogP contribution in [0.1, 0.15) is 15.3 Å². The molecule has 0 N–H and O–H groups in total. The SMILES string of the molecule is Brc1cc(C(Br)c2cc(Br)c(Br)s2)cs1. The fourth-order valence-corrected chi connectivity index (χ4v) is 5.26. The smallest absolute Gasteiger partial charge is 0.0843 e. The zero-order valence-corrected chi connectivity index (χ0v) is 15.1. The third-order valence-electron chi connectivity index (χ3n) is 1.79. The van der Waals surface area contributed by atoms with Gasteiger partial charge in [-0.15, -0.1) is 22.7 Å². The average molecular weight is 496 g/mol. The Hall–Kier alpha value is 1.32. The lowest BCUT2D eigenvalue weighted by atomic mass is 10.2. The molecule has 6 heteroatoms. The standard InChI is InChI=1S/C9H4Br4S2/c10-5-2-6(15-9(5)13)8(12)4-1-7(11)14-3-4/h1-3,8H. The second kappa shape index (κ2) is 5.31. The van der Waals surface area contributed by atoms with Gasteiger partial charge in [-0.2, -0.15) is 0 Å². The Morgan fingerprint density at radius 3 is 2.33 bits per heavy atom. The van der Waals surface area contributed by atoms with E-state index < -0.39 is 0 Å². The van der Waals surface area contributed by atoms with E-state index in [1.54, 1.807) is 22.7 Å². The van der Waals surface area contributed by atoms with Crippen molar-refractivity contribution in [1.82, 2.24) is 0 Å². The van der Waals surface area contributed by atoms with Crippen LogP contribution in [0.2, 0.25) is 0 Å². The summed E-state index contributed by atoms with van der Waals surface area (Å²) in [6, 6.07) is 4.28. The lowest BCUT2D eigenvalue weighted by molar-refractivity contribution is 1.24. The van der Waals surface area contributed by atoms with Crippen LogP contribution in [0.25, 0.3) is 0 Å². The normalized spacial score (nSPS) is 13.1. The summed E-state index contributed by atoms with van der Waals surface area (Å²) in [5, 5.41) is 2.16. The Bertz CT molecular complexity index is 455. The summed E-state index contributed by atoms with van der Waals surface area (Å²) in [4.78, 5) is 1.56. The molecule has 0 bridgehead atoms. The topological polar surface area (TPSA) is 0 Å². The molecule has 2 rings (SSSR count). The minimum absolute atomic E-state index is 0.271. The molecule has 0 spiro atoms. The second-order valence-electron chi connectivity index (χ2n) is 2.82. The number of hydrogen-bond donors (Lipinski definition) is 0. The van der Waals surface area contributed by atoms with Gasteiger partial charge in [0.2, 0.25) is 0 Å². The molecule has 0 saturated heterocycles. The highest BCUT2D eigenvalue weighted by atomic mass is 79.9. The first-order valence-electron chi connectivity index (χ1n) is 3.90. The number of hydrogen-bond acceptors (Lipinski definition) is 2. The van der Waals surface area contributed by atoms with Crippen LogP contribution >= 0.6 is 86.4 Å². The molecule has 2 aromatic rings. The summed E-state index contributed by atoms with van der Waals surface area (Å²) in [6.07, 6.45) is 0. The van der Waals surface area contributed by atoms with Gasteiger partial charge >= 0.3 is 0 Å². The molecule has 0 aliphatic rings. The summed E-state index contributed by atoms with van der Waals surface area (Å²) < 4.78 is 3.41. The largest absolute Gasteiger partial charge is 0.136 e. The number of thiophene rings is 2. The Kier molecular flexibility index (Phi) is 4.52. The van der Waals surface area contributed by atoms with Crippen molar-refractivity contribution in [3.63, 3.8) is 0 Å². The summed E-state index contributed by atoms with van der Waals surface area (Å²) in [5.74, 6) is 0. The summed E-state index contributed by atoms with van der Waals surface area (Å²) in [7, 11) is 0. The van der Waals surface area contributed by atoms with Gasteiger partial charge < -0.3 is 0 Å². The highest BCUT2D eigenvalue weighted by molar-refractivity contribution is 9.13. The Morgan fingerprint density at radius 1 is 1.13 bits per heavy atom. The van der Waals surface area contributed by atoms with E-state index >= 15 is 0 Å². The fraction of sp³-hybridized carbons (Fsp3) is 0.111. The first-order valence-corrected chi connectivity index (χ1v) is 8.89. The van der Waals surface area contributed by atoms with Crippen LogP contribution in [0.3, 0.4) is 0 Å². The molecule has 0 saturated carbocycles. The van der Waals surface area contributed by atoms with Crippen molar-refractivity contribution in [1.29, 1.82) is 0 Å². The Balaban J connectivity index is 2.31. The molecule has 1 atom stereocenters. The van der Waals surface area contributed by atoms with Crippen LogP contribution in [0.15, 0.2) is 29.6 Å². The number of halogens is 4. The Labute approximate surface area is 130 Å². The van der Waals surface area contributed by atoms with Gasteiger partial charge in [0.05, 0.1) is 12.4 Å². The van der Waals surface area contributed by atoms with E-state index in [1.807, 2.05) is 0 Å². The molecule has 0 fully saturated rings. The van der Waals surface area contributed by atoms with Gasteiger partial charge in [-0.3, -0.25) is 0 Å². The maximum absolute atomic E-state index is 3.71. The van der Waals surface area contributed by atoms with Crippen molar-refractivity contribution in [3.05, 3.63) is 40.0 Å². The molecule has 80 valence electrons. The molecule has 0 radical (unpaired) electrons. The predicted octanol–water partition coefficient (Wildman–Crippen LogP) is 6.58. The molecule has 2 heterocycles. The van der Waals surface area contributed by atoms with Crippen molar-refractivity contribution in [2.75, 3.05) is 0 Å². The van der Waals surface area contributed by atoms with Crippen LogP contribution in [-0.4, -0.2) is 0 Å². The Morgan fingerprint density at radius 2 is 1.87 bits per heavy atom. The van der Waals surface area contributed by atoms with Crippen LogP contribution in [-0.2, 0) is 0 Å². The number of alkyl halides is 1. The third-order valence-corrected chi connectivity index (χ3v) is 7.96. The zero-order chi connectivity index (χ0) is 11.0. The quantitative estimate of drug-likeness (QED) is 0.413. The van der Waals surface area contributed by atoms with Gasteiger partial charge in [0.1, 0.15) is 0 Å². The van der Waals surface area contributed by atoms with Gasteiger partial charge in [-0.1, -0.05) is 15.9 Å². The maximum atomic E-state index is 3.71. The van der Waals surface area contributed by atoms with Crippen molar-refractivity contribution in [3.8, 4) is 0 Å². The van der Waals surface area contributed by atoms with Crippen molar-refractivity contribution < 1.29 is 0 Å². The summed E-state index contributed by atoms with van der Waals surface area (Å²) >= 11 is 17.6. The molecule has 0 aliphatic carbocycles. The van der Waals surface area contributed by atoms with Crippen molar-refractivity contribution >= 4 is 86.4 Å². The second-order valence-corrected chi connectivity index (χ2v) is 9.28. The minimum Gasteiger partial charge on any atom is -0.136 e. The van der Waals surface area contributed by atoms with E-state index in [-0.39, 0.29) is 4.83 Å². The minimum atomic E-state index is 0.271. The van der Waals surface area contributed by atoms with Crippen LogP contribution in [0.4, 0.5) is 0 Å². The molecule has 0 aliphatic heterocycles. The fourth-order valence-electron chi connectivity index (χ4n) is 1.11. The molecule has 1 unspecified atom stereocenters. The first kappa shape index (κ1) is 12.8. The molecule has 0 aromatic carbocycles. The predicted molar refractivity (Wildman–Crippen MR) is 82.5 cm³/mol. The van der Waals surface area contributed by atoms with E-state index in [1.165, 1.54) is 10.4 Å². The van der Waals surface area contributed by atoms with Crippen molar-refractivity contribution in [2.45, 2.75) is 4.83 Å². The van der Waals surface area contributed by atoms with E-state index in [4.69, 9.17) is 0 Å². The average Bonchev–Trinajstić information content (AvgIpc) is 2.74. The summed E-state index contributed by atoms with van der Waals surface area (Å²) in [6.45, 7) is 0. The van der Waals surface area contributed by atoms with Crippen LogP contribution in [0.5, 0.6) is 0 Å². The van der Waals surface area contributed by atoms with Crippen molar-refractivity contribution in [2.24, 2.45) is 0 Å². The molecule has 15 heavy (non-hydrogen) atoms. The first-order chi connectivity index (χ1) is 7.08. The highest BCUT2D eigenvalue weighted by Crippen LogP contribution is 2.42. The molecule has 0 amide bonds. The summed E-state index contributed by atoms with van der Waals surface area (Å²) in [5.41, 5.74) is 1.29. The molecular formula is C9H4Br4S2. The van der Waals surface area contributed by atoms with Gasteiger partial charge in [0.15, 0.2) is 0 Å². The molecule has 2 aromatic heterocycles. The maximum Gasteiger partial charge on any atom is 0.0843 e. The van der Waals surface area contributed by atoms with Gasteiger partial charge in [-0.25, -0.2) is 0 Å². The monoisotopic (exact) mass is 492 g/mol. The van der Waals surface area contributed by atoms with Crippen LogP contribution in [0, 0.1) is 0 Å². The van der Waals surface area contributed by atoms with E-state index in [9.17, 15) is 0 Å². The van der Waals surface area contributed by atoms with Gasteiger partial charge in [0.25, 0.3) is 0 Å². The number of rotatable bonds is 2. The van der Waals surface area contributed by atoms with E-state index in [0.29, 0.717) is 0 Å². The molecular weight excluding hydrogens is 492 g/mol. The lowest BCUT2D eigenvalue weighted by Crippen LogP contribution is -1.84. The van der Waals surface area contributed by atoms with E-state index in [2.05, 4.69) is 81.2 Å². The molecule has 0 nitrogen and oxygen atoms in total. The van der Waals surface area contributed by atoms with E-state index in [0.717, 1.165) is 12.0 Å². The zero-order valence-electron chi connectivity index (χ0n) is 7.14. The highest BCUT2D eigenvalue weighted by Gasteiger charge is 2.15. The van der Waals surface area contributed by atoms with Crippen LogP contribution < -0.4 is 0 Å². The van der Waals surface area contributed by atoms with Gasteiger partial charge in [0, 0.05) is 9.35 Å². The lowest BCUT2D eigenvalue weighted by Gasteiger charge is -2.03.